The summed E-state index contributed by atoms with van der Waals surface area (Å²) in [7, 11) is 1.60. The van der Waals surface area contributed by atoms with Gasteiger partial charge in [0.05, 0.1) is 12.8 Å². The smallest absolute Gasteiger partial charge is 0.124 e. The van der Waals surface area contributed by atoms with Crippen molar-refractivity contribution in [2.24, 2.45) is 4.99 Å². The number of nitrogens with zero attached hydrogens (tertiary/aromatic N) is 2. The first-order valence-electron chi connectivity index (χ1n) is 8.94. The lowest BCUT2D eigenvalue weighted by Crippen LogP contribution is -2.25. The van der Waals surface area contributed by atoms with Gasteiger partial charge in [-0.3, -0.25) is 4.99 Å². The minimum absolute atomic E-state index is 0.172. The molecule has 138 valence electrons. The van der Waals surface area contributed by atoms with E-state index < -0.39 is 0 Å². The third-order valence-corrected chi connectivity index (χ3v) is 4.27. The summed E-state index contributed by atoms with van der Waals surface area (Å²) >= 11 is 0. The molecule has 4 nitrogen and oxygen atoms in total. The number of aliphatic imine (C=N–C) groups is 1. The fourth-order valence-electron chi connectivity index (χ4n) is 2.94. The highest BCUT2D eigenvalue weighted by atomic mass is 16.5. The zero-order valence-electron chi connectivity index (χ0n) is 15.8. The fourth-order valence-corrected chi connectivity index (χ4v) is 2.94. The van der Waals surface area contributed by atoms with E-state index in [1.807, 2.05) is 30.3 Å². The molecule has 0 aliphatic carbocycles. The molecule has 0 saturated heterocycles. The lowest BCUT2D eigenvalue weighted by molar-refractivity contribution is 0.412. The van der Waals surface area contributed by atoms with Gasteiger partial charge in [0.25, 0.3) is 0 Å². The van der Waals surface area contributed by atoms with Crippen LogP contribution in [0.2, 0.25) is 0 Å². The Morgan fingerprint density at radius 2 is 1.59 bits per heavy atom. The summed E-state index contributed by atoms with van der Waals surface area (Å²) in [6, 6.07) is 23.8. The van der Waals surface area contributed by atoms with Crippen LogP contribution in [0.15, 0.2) is 77.8 Å². The Kier molecular flexibility index (Phi) is 5.77. The van der Waals surface area contributed by atoms with E-state index in [0.29, 0.717) is 17.4 Å². The van der Waals surface area contributed by atoms with Crippen molar-refractivity contribution in [3.8, 4) is 11.5 Å². The second-order valence-electron chi connectivity index (χ2n) is 6.50. The molecule has 0 aromatic heterocycles. The summed E-state index contributed by atoms with van der Waals surface area (Å²) in [5.74, 6) is 0.853. The van der Waals surface area contributed by atoms with Crippen molar-refractivity contribution in [1.82, 2.24) is 0 Å². The highest BCUT2D eigenvalue weighted by Crippen LogP contribution is 2.29. The molecule has 0 amide bonds. The predicted octanol–water partition coefficient (Wildman–Crippen LogP) is 5.70. The van der Waals surface area contributed by atoms with Gasteiger partial charge in [-0.25, -0.2) is 0 Å². The monoisotopic (exact) mass is 360 g/mol. The molecule has 0 spiro atoms. The van der Waals surface area contributed by atoms with Crippen LogP contribution in [0.3, 0.4) is 0 Å². The van der Waals surface area contributed by atoms with Crippen LogP contribution >= 0.6 is 0 Å². The van der Waals surface area contributed by atoms with Crippen LogP contribution in [-0.4, -0.2) is 24.5 Å². The number of methoxy groups -OCH3 is 1. The quantitative estimate of drug-likeness (QED) is 0.574. The molecule has 3 rings (SSSR count). The van der Waals surface area contributed by atoms with Crippen LogP contribution in [0, 0.1) is 0 Å². The maximum absolute atomic E-state index is 9.96. The summed E-state index contributed by atoms with van der Waals surface area (Å²) in [6.45, 7) is 4.34. The largest absolute Gasteiger partial charge is 0.507 e. The molecule has 0 bridgehead atoms. The first-order chi connectivity index (χ1) is 13.1. The van der Waals surface area contributed by atoms with E-state index in [0.717, 1.165) is 17.1 Å². The molecular weight excluding hydrogens is 336 g/mol. The lowest BCUT2D eigenvalue weighted by Gasteiger charge is -2.29. The van der Waals surface area contributed by atoms with Crippen LogP contribution in [0.25, 0.3) is 0 Å². The molecule has 0 aliphatic heterocycles. The zero-order valence-corrected chi connectivity index (χ0v) is 15.8. The Bertz CT molecular complexity index is 903. The zero-order chi connectivity index (χ0) is 19.2. The highest BCUT2D eigenvalue weighted by Gasteiger charge is 2.12. The van der Waals surface area contributed by atoms with Crippen LogP contribution in [0.5, 0.6) is 11.5 Å². The first kappa shape index (κ1) is 18.5. The second kappa shape index (κ2) is 8.41. The molecular formula is C23H24N2O2. The summed E-state index contributed by atoms with van der Waals surface area (Å²) in [5.41, 5.74) is 3.70. The van der Waals surface area contributed by atoms with Gasteiger partial charge in [0.2, 0.25) is 0 Å². The number of hydrogen-bond donors (Lipinski definition) is 1. The molecule has 0 radical (unpaired) electrons. The van der Waals surface area contributed by atoms with Gasteiger partial charge < -0.3 is 14.7 Å². The molecule has 3 aromatic carbocycles. The van der Waals surface area contributed by atoms with Crippen molar-refractivity contribution >= 4 is 23.3 Å². The van der Waals surface area contributed by atoms with E-state index in [-0.39, 0.29) is 5.75 Å². The number of rotatable bonds is 6. The van der Waals surface area contributed by atoms with E-state index in [1.165, 1.54) is 0 Å². The standard InChI is InChI=1S/C23H24N2O2/c1-17(2)25(20-7-5-4-6-8-20)21-11-9-19(10-12-21)24-16-18-15-22(27-3)13-14-23(18)26/h4-17,26H,1-3H3. The van der Waals surface area contributed by atoms with Gasteiger partial charge in [0, 0.05) is 29.2 Å². The summed E-state index contributed by atoms with van der Waals surface area (Å²) in [6.07, 6.45) is 1.64. The highest BCUT2D eigenvalue weighted by molar-refractivity contribution is 5.86. The second-order valence-corrected chi connectivity index (χ2v) is 6.50. The van der Waals surface area contributed by atoms with Crippen molar-refractivity contribution < 1.29 is 9.84 Å². The molecule has 0 heterocycles. The van der Waals surface area contributed by atoms with Crippen molar-refractivity contribution in [2.75, 3.05) is 12.0 Å². The van der Waals surface area contributed by atoms with Gasteiger partial charge in [-0.05, 0) is 68.4 Å². The molecule has 4 heteroatoms. The number of anilines is 2. The number of aromatic hydroxyl groups is 1. The van der Waals surface area contributed by atoms with Crippen molar-refractivity contribution in [2.45, 2.75) is 19.9 Å². The Labute approximate surface area is 160 Å². The number of benzene rings is 3. The SMILES string of the molecule is COc1ccc(O)c(C=Nc2ccc(N(c3ccccc3)C(C)C)cc2)c1. The number of ether oxygens (including phenoxy) is 1. The Morgan fingerprint density at radius 3 is 2.22 bits per heavy atom. The van der Waals surface area contributed by atoms with Gasteiger partial charge in [-0.15, -0.1) is 0 Å². The molecule has 27 heavy (non-hydrogen) atoms. The predicted molar refractivity (Wildman–Crippen MR) is 112 cm³/mol. The van der Waals surface area contributed by atoms with Crippen molar-refractivity contribution in [1.29, 1.82) is 0 Å². The summed E-state index contributed by atoms with van der Waals surface area (Å²) < 4.78 is 5.19. The van der Waals surface area contributed by atoms with Crippen molar-refractivity contribution in [3.05, 3.63) is 78.4 Å². The number of para-hydroxylation sites is 1. The summed E-state index contributed by atoms with van der Waals surface area (Å²) in [5, 5.41) is 9.96. The van der Waals surface area contributed by atoms with Crippen LogP contribution in [0.1, 0.15) is 19.4 Å². The molecule has 0 unspecified atom stereocenters. The first-order valence-corrected chi connectivity index (χ1v) is 8.94. The van der Waals surface area contributed by atoms with E-state index in [4.69, 9.17) is 4.74 Å². The third-order valence-electron chi connectivity index (χ3n) is 4.27. The van der Waals surface area contributed by atoms with E-state index in [2.05, 4.69) is 48.0 Å². The minimum atomic E-state index is 0.172. The lowest BCUT2D eigenvalue weighted by atomic mass is 10.1. The Hall–Kier alpha value is -3.27. The molecule has 1 N–H and O–H groups in total. The van der Waals surface area contributed by atoms with Gasteiger partial charge in [0.1, 0.15) is 11.5 Å². The van der Waals surface area contributed by atoms with Gasteiger partial charge >= 0.3 is 0 Å². The van der Waals surface area contributed by atoms with Crippen LogP contribution in [0.4, 0.5) is 17.1 Å². The van der Waals surface area contributed by atoms with E-state index >= 15 is 0 Å². The molecule has 0 aliphatic rings. The van der Waals surface area contributed by atoms with Gasteiger partial charge in [-0.1, -0.05) is 18.2 Å². The van der Waals surface area contributed by atoms with Gasteiger partial charge in [0.15, 0.2) is 0 Å². The average Bonchev–Trinajstić information content (AvgIpc) is 2.69. The topological polar surface area (TPSA) is 45.1 Å². The normalized spacial score (nSPS) is 11.1. The van der Waals surface area contributed by atoms with Crippen molar-refractivity contribution in [3.63, 3.8) is 0 Å². The van der Waals surface area contributed by atoms with E-state index in [1.54, 1.807) is 31.5 Å². The molecule has 3 aromatic rings. The molecule has 0 saturated carbocycles. The van der Waals surface area contributed by atoms with Crippen LogP contribution in [-0.2, 0) is 0 Å². The average molecular weight is 360 g/mol. The molecule has 0 fully saturated rings. The van der Waals surface area contributed by atoms with E-state index in [9.17, 15) is 5.11 Å². The van der Waals surface area contributed by atoms with Gasteiger partial charge in [-0.2, -0.15) is 0 Å². The maximum Gasteiger partial charge on any atom is 0.124 e. The molecule has 0 atom stereocenters. The van der Waals surface area contributed by atoms with Crippen LogP contribution < -0.4 is 9.64 Å². The third kappa shape index (κ3) is 4.47. The number of phenols is 1. The Balaban J connectivity index is 1.83. The summed E-state index contributed by atoms with van der Waals surface area (Å²) in [4.78, 5) is 6.75. The fraction of sp³-hybridized carbons (Fsp3) is 0.174. The Morgan fingerprint density at radius 1 is 0.926 bits per heavy atom. The minimum Gasteiger partial charge on any atom is -0.507 e. The number of phenolic OH excluding ortho intramolecular Hbond substituents is 1. The number of hydrogen-bond acceptors (Lipinski definition) is 4. The maximum atomic E-state index is 9.96.